The van der Waals surface area contributed by atoms with Crippen LogP contribution in [-0.4, -0.2) is 16.5 Å². The van der Waals surface area contributed by atoms with Gasteiger partial charge in [0.25, 0.3) is 0 Å². The summed E-state index contributed by atoms with van der Waals surface area (Å²) < 4.78 is 0. The van der Waals surface area contributed by atoms with Crippen molar-refractivity contribution in [1.29, 1.82) is 0 Å². The molecule has 0 saturated heterocycles. The van der Waals surface area contributed by atoms with Gasteiger partial charge in [-0.15, -0.1) is 0 Å². The molecule has 106 valence electrons. The number of rotatable bonds is 4. The number of hydrogen-bond donors (Lipinski definition) is 2. The van der Waals surface area contributed by atoms with E-state index in [0.29, 0.717) is 17.1 Å². The van der Waals surface area contributed by atoms with Gasteiger partial charge in [-0.1, -0.05) is 51.1 Å². The Hall–Kier alpha value is -2.10. The van der Waals surface area contributed by atoms with E-state index in [9.17, 15) is 0 Å². The maximum atomic E-state index is 5.86. The Kier molecular flexibility index (Phi) is 4.23. The molecule has 0 aliphatic carbocycles. The molecular weight excluding hydrogens is 248 g/mol. The zero-order valence-electron chi connectivity index (χ0n) is 12.4. The second-order valence-electron chi connectivity index (χ2n) is 6.11. The van der Waals surface area contributed by atoms with E-state index in [1.807, 2.05) is 30.3 Å². The van der Waals surface area contributed by atoms with E-state index in [2.05, 4.69) is 36.1 Å². The molecule has 0 atom stereocenters. The maximum Gasteiger partial charge on any atom is 0.163 e. The Labute approximate surface area is 120 Å². The number of nitrogens with one attached hydrogen (secondary N) is 1. The molecule has 3 N–H and O–H groups in total. The monoisotopic (exact) mass is 270 g/mol. The predicted molar refractivity (Wildman–Crippen MR) is 84.4 cm³/mol. The number of nitrogens with zero attached hydrogens (tertiary/aromatic N) is 2. The van der Waals surface area contributed by atoms with Gasteiger partial charge >= 0.3 is 0 Å². The van der Waals surface area contributed by atoms with Crippen molar-refractivity contribution in [3.63, 3.8) is 0 Å². The van der Waals surface area contributed by atoms with Gasteiger partial charge in [-0.25, -0.2) is 9.97 Å². The Morgan fingerprint density at radius 3 is 2.45 bits per heavy atom. The van der Waals surface area contributed by atoms with Crippen LogP contribution in [0.2, 0.25) is 0 Å². The third kappa shape index (κ3) is 4.23. The highest BCUT2D eigenvalue weighted by molar-refractivity contribution is 5.60. The van der Waals surface area contributed by atoms with Gasteiger partial charge in [-0.3, -0.25) is 0 Å². The van der Waals surface area contributed by atoms with Gasteiger partial charge in [0.15, 0.2) is 5.82 Å². The average molecular weight is 270 g/mol. The zero-order chi connectivity index (χ0) is 14.6. The number of hydrogen-bond acceptors (Lipinski definition) is 4. The van der Waals surface area contributed by atoms with Crippen LogP contribution in [0.5, 0.6) is 0 Å². The molecule has 0 amide bonds. The molecule has 0 fully saturated rings. The van der Waals surface area contributed by atoms with Crippen molar-refractivity contribution in [3.05, 3.63) is 36.4 Å². The van der Waals surface area contributed by atoms with Crippen molar-refractivity contribution in [2.45, 2.75) is 27.2 Å². The minimum absolute atomic E-state index is 0.299. The number of anilines is 2. The smallest absolute Gasteiger partial charge is 0.163 e. The fourth-order valence-electron chi connectivity index (χ4n) is 1.84. The normalized spacial score (nSPS) is 11.3. The SMILES string of the molecule is CC(C)(C)CCNc1cc(N)nc(-c2ccccc2)n1. The topological polar surface area (TPSA) is 63.8 Å². The fraction of sp³-hybridized carbons (Fsp3) is 0.375. The summed E-state index contributed by atoms with van der Waals surface area (Å²) in [6.45, 7) is 7.53. The summed E-state index contributed by atoms with van der Waals surface area (Å²) in [5.74, 6) is 1.92. The molecule has 1 aromatic carbocycles. The Bertz CT molecular complexity index is 558. The van der Waals surface area contributed by atoms with E-state index < -0.39 is 0 Å². The predicted octanol–water partition coefficient (Wildman–Crippen LogP) is 3.57. The van der Waals surface area contributed by atoms with Crippen LogP contribution in [0.15, 0.2) is 36.4 Å². The largest absolute Gasteiger partial charge is 0.384 e. The molecule has 1 aromatic heterocycles. The zero-order valence-corrected chi connectivity index (χ0v) is 12.4. The van der Waals surface area contributed by atoms with Crippen molar-refractivity contribution in [2.75, 3.05) is 17.6 Å². The van der Waals surface area contributed by atoms with Crippen LogP contribution < -0.4 is 11.1 Å². The standard InChI is InChI=1S/C16H22N4/c1-16(2,3)9-10-18-14-11-13(17)19-15(20-14)12-7-5-4-6-8-12/h4-8,11H,9-10H2,1-3H3,(H3,17,18,19,20). The van der Waals surface area contributed by atoms with E-state index in [1.54, 1.807) is 6.07 Å². The Morgan fingerprint density at radius 2 is 1.80 bits per heavy atom. The van der Waals surface area contributed by atoms with Gasteiger partial charge in [0.1, 0.15) is 11.6 Å². The highest BCUT2D eigenvalue weighted by Crippen LogP contribution is 2.20. The van der Waals surface area contributed by atoms with Gasteiger partial charge < -0.3 is 11.1 Å². The van der Waals surface area contributed by atoms with Gasteiger partial charge in [0.2, 0.25) is 0 Å². The first-order valence-electron chi connectivity index (χ1n) is 6.88. The van der Waals surface area contributed by atoms with Gasteiger partial charge in [-0.2, -0.15) is 0 Å². The van der Waals surface area contributed by atoms with Crippen LogP contribution in [0.1, 0.15) is 27.2 Å². The summed E-state index contributed by atoms with van der Waals surface area (Å²) in [6, 6.07) is 11.6. The average Bonchev–Trinajstić information content (AvgIpc) is 2.37. The lowest BCUT2D eigenvalue weighted by molar-refractivity contribution is 0.389. The lowest BCUT2D eigenvalue weighted by Crippen LogP contribution is -2.14. The molecule has 20 heavy (non-hydrogen) atoms. The second-order valence-corrected chi connectivity index (χ2v) is 6.11. The first-order valence-corrected chi connectivity index (χ1v) is 6.88. The second kappa shape index (κ2) is 5.90. The van der Waals surface area contributed by atoms with E-state index in [0.717, 1.165) is 24.3 Å². The third-order valence-corrected chi connectivity index (χ3v) is 2.96. The van der Waals surface area contributed by atoms with Crippen molar-refractivity contribution in [3.8, 4) is 11.4 Å². The number of aromatic nitrogens is 2. The molecule has 2 rings (SSSR count). The van der Waals surface area contributed by atoms with Crippen LogP contribution in [-0.2, 0) is 0 Å². The molecule has 0 radical (unpaired) electrons. The summed E-state index contributed by atoms with van der Waals surface area (Å²) in [6.07, 6.45) is 1.07. The summed E-state index contributed by atoms with van der Waals surface area (Å²) in [5, 5.41) is 3.32. The van der Waals surface area contributed by atoms with Crippen LogP contribution in [0.3, 0.4) is 0 Å². The summed E-state index contributed by atoms with van der Waals surface area (Å²) in [4.78, 5) is 8.81. The fourth-order valence-corrected chi connectivity index (χ4v) is 1.84. The van der Waals surface area contributed by atoms with E-state index in [4.69, 9.17) is 5.73 Å². The lowest BCUT2D eigenvalue weighted by atomic mass is 9.92. The molecule has 1 heterocycles. The molecule has 0 unspecified atom stereocenters. The van der Waals surface area contributed by atoms with Gasteiger partial charge in [0.05, 0.1) is 0 Å². The van der Waals surface area contributed by atoms with Crippen LogP contribution >= 0.6 is 0 Å². The molecule has 0 spiro atoms. The Morgan fingerprint density at radius 1 is 1.10 bits per heavy atom. The highest BCUT2D eigenvalue weighted by Gasteiger charge is 2.10. The molecular formula is C16H22N4. The molecule has 0 saturated carbocycles. The van der Waals surface area contributed by atoms with Crippen molar-refractivity contribution in [2.24, 2.45) is 5.41 Å². The molecule has 0 aliphatic rings. The third-order valence-electron chi connectivity index (χ3n) is 2.96. The van der Waals surface area contributed by atoms with Crippen molar-refractivity contribution in [1.82, 2.24) is 9.97 Å². The first kappa shape index (κ1) is 14.3. The Balaban J connectivity index is 2.13. The summed E-state index contributed by atoms with van der Waals surface area (Å²) >= 11 is 0. The van der Waals surface area contributed by atoms with Crippen LogP contribution in [0.4, 0.5) is 11.6 Å². The number of nitrogen functional groups attached to an aromatic ring is 1. The summed E-state index contributed by atoms with van der Waals surface area (Å²) in [5.41, 5.74) is 7.13. The van der Waals surface area contributed by atoms with Crippen LogP contribution in [0, 0.1) is 5.41 Å². The first-order chi connectivity index (χ1) is 9.44. The van der Waals surface area contributed by atoms with Crippen molar-refractivity contribution < 1.29 is 0 Å². The minimum Gasteiger partial charge on any atom is -0.384 e. The quantitative estimate of drug-likeness (QED) is 0.891. The molecule has 4 nitrogen and oxygen atoms in total. The lowest BCUT2D eigenvalue weighted by Gasteiger charge is -2.18. The number of nitrogens with two attached hydrogens (primary N) is 1. The van der Waals surface area contributed by atoms with Gasteiger partial charge in [0, 0.05) is 18.2 Å². The van der Waals surface area contributed by atoms with Crippen molar-refractivity contribution >= 4 is 11.6 Å². The van der Waals surface area contributed by atoms with E-state index in [-0.39, 0.29) is 0 Å². The molecule has 2 aromatic rings. The maximum absolute atomic E-state index is 5.86. The summed E-state index contributed by atoms with van der Waals surface area (Å²) in [7, 11) is 0. The van der Waals surface area contributed by atoms with Crippen LogP contribution in [0.25, 0.3) is 11.4 Å². The minimum atomic E-state index is 0.299. The molecule has 0 bridgehead atoms. The van der Waals surface area contributed by atoms with Gasteiger partial charge in [-0.05, 0) is 11.8 Å². The van der Waals surface area contributed by atoms with E-state index >= 15 is 0 Å². The number of benzene rings is 1. The highest BCUT2D eigenvalue weighted by atomic mass is 15.0. The van der Waals surface area contributed by atoms with E-state index in [1.165, 1.54) is 0 Å². The molecule has 4 heteroatoms. The molecule has 0 aliphatic heterocycles.